The van der Waals surface area contributed by atoms with Crippen LogP contribution in [0.1, 0.15) is 23.2 Å². The van der Waals surface area contributed by atoms with Crippen LogP contribution in [-0.4, -0.2) is 27.2 Å². The zero-order valence-corrected chi connectivity index (χ0v) is 18.5. The predicted octanol–water partition coefficient (Wildman–Crippen LogP) is 3.27. The summed E-state index contributed by atoms with van der Waals surface area (Å²) in [5.74, 6) is 0.637. The third-order valence-corrected chi connectivity index (χ3v) is 5.72. The fourth-order valence-electron chi connectivity index (χ4n) is 3.75. The van der Waals surface area contributed by atoms with Crippen LogP contribution in [0, 0.1) is 6.92 Å². The van der Waals surface area contributed by atoms with Gasteiger partial charge in [0.15, 0.2) is 0 Å². The fraction of sp³-hybridized carbons (Fsp3) is 0.240. The Balaban J connectivity index is 1.57. The van der Waals surface area contributed by atoms with E-state index in [9.17, 15) is 9.59 Å². The highest BCUT2D eigenvalue weighted by Gasteiger charge is 2.17. The Morgan fingerprint density at radius 1 is 1.09 bits per heavy atom. The van der Waals surface area contributed by atoms with E-state index in [-0.39, 0.29) is 17.9 Å². The lowest BCUT2D eigenvalue weighted by Crippen LogP contribution is -2.27. The van der Waals surface area contributed by atoms with Gasteiger partial charge in [-0.15, -0.1) is 0 Å². The summed E-state index contributed by atoms with van der Waals surface area (Å²) in [6.07, 6.45) is 0.585. The molecule has 2 aromatic carbocycles. The molecule has 7 nitrogen and oxygen atoms in total. The van der Waals surface area contributed by atoms with Gasteiger partial charge in [-0.1, -0.05) is 42.5 Å². The van der Waals surface area contributed by atoms with E-state index < -0.39 is 0 Å². The van der Waals surface area contributed by atoms with E-state index in [2.05, 4.69) is 10.4 Å². The number of carbonyl (C=O) groups excluding carboxylic acids is 1. The molecule has 0 aliphatic heterocycles. The van der Waals surface area contributed by atoms with E-state index in [0.717, 1.165) is 22.6 Å². The molecule has 2 heterocycles. The quantitative estimate of drug-likeness (QED) is 0.488. The van der Waals surface area contributed by atoms with Crippen molar-refractivity contribution in [1.82, 2.24) is 19.5 Å². The molecule has 0 radical (unpaired) electrons. The largest absolute Gasteiger partial charge is 0.497 e. The molecule has 0 unspecified atom stereocenters. The second-order valence-corrected chi connectivity index (χ2v) is 7.72. The minimum atomic E-state index is -0.194. The fourth-order valence-corrected chi connectivity index (χ4v) is 3.75. The number of nitrogens with zero attached hydrogens (tertiary/aromatic N) is 3. The maximum Gasteiger partial charge on any atom is 0.277 e. The molecule has 0 saturated carbocycles. The normalized spacial score (nSPS) is 11.0. The average Bonchev–Trinajstić information content (AvgIpc) is 3.28. The van der Waals surface area contributed by atoms with Crippen LogP contribution in [0.15, 0.2) is 65.5 Å². The van der Waals surface area contributed by atoms with Crippen LogP contribution in [0.4, 0.5) is 0 Å². The molecule has 164 valence electrons. The van der Waals surface area contributed by atoms with E-state index in [0.29, 0.717) is 29.9 Å². The number of hydrogen-bond donors (Lipinski definition) is 1. The number of rotatable bonds is 7. The standard InChI is InChI=1S/C25H26N4O3/c1-17-21(12-13-23(30)26-16-18-8-5-4-6-9-18)25(31)29-24(28(17)2)15-22(27-29)19-10-7-11-20(14-19)32-3/h4-11,14-15H,12-13,16H2,1-3H3,(H,26,30). The Labute approximate surface area is 186 Å². The van der Waals surface area contributed by atoms with Gasteiger partial charge in [-0.05, 0) is 31.0 Å². The van der Waals surface area contributed by atoms with Crippen molar-refractivity contribution in [2.45, 2.75) is 26.3 Å². The molecule has 0 aliphatic rings. The SMILES string of the molecule is COc1cccc(-c2cc3n(C)c(C)c(CCC(=O)NCc4ccccc4)c(=O)n3n2)c1. The number of benzene rings is 2. The van der Waals surface area contributed by atoms with Crippen LogP contribution in [0.5, 0.6) is 5.75 Å². The second-order valence-electron chi connectivity index (χ2n) is 7.72. The zero-order valence-electron chi connectivity index (χ0n) is 18.5. The van der Waals surface area contributed by atoms with Gasteiger partial charge in [-0.3, -0.25) is 9.59 Å². The summed E-state index contributed by atoms with van der Waals surface area (Å²) in [5, 5.41) is 7.47. The number of methoxy groups -OCH3 is 1. The molecule has 0 spiro atoms. The van der Waals surface area contributed by atoms with Gasteiger partial charge in [0.1, 0.15) is 11.4 Å². The minimum Gasteiger partial charge on any atom is -0.497 e. The molecule has 7 heteroatoms. The highest BCUT2D eigenvalue weighted by atomic mass is 16.5. The monoisotopic (exact) mass is 430 g/mol. The first-order valence-corrected chi connectivity index (χ1v) is 10.5. The first kappa shape index (κ1) is 21.4. The van der Waals surface area contributed by atoms with Gasteiger partial charge >= 0.3 is 0 Å². The Kier molecular flexibility index (Phi) is 6.07. The number of fused-ring (bicyclic) bond motifs is 1. The molecule has 1 amide bonds. The van der Waals surface area contributed by atoms with Gasteiger partial charge < -0.3 is 14.6 Å². The third-order valence-electron chi connectivity index (χ3n) is 5.72. The summed E-state index contributed by atoms with van der Waals surface area (Å²) in [6.45, 7) is 2.37. The van der Waals surface area contributed by atoms with Crippen LogP contribution in [-0.2, 0) is 24.8 Å². The molecule has 0 bridgehead atoms. The lowest BCUT2D eigenvalue weighted by molar-refractivity contribution is -0.121. The third kappa shape index (κ3) is 4.27. The summed E-state index contributed by atoms with van der Waals surface area (Å²) in [4.78, 5) is 25.5. The van der Waals surface area contributed by atoms with Crippen molar-refractivity contribution >= 4 is 11.6 Å². The van der Waals surface area contributed by atoms with Gasteiger partial charge in [0.25, 0.3) is 5.56 Å². The Morgan fingerprint density at radius 3 is 2.62 bits per heavy atom. The van der Waals surface area contributed by atoms with Crippen molar-refractivity contribution in [2.75, 3.05) is 7.11 Å². The van der Waals surface area contributed by atoms with E-state index >= 15 is 0 Å². The molecule has 4 aromatic rings. The lowest BCUT2D eigenvalue weighted by Gasteiger charge is -2.12. The number of aromatic nitrogens is 3. The summed E-state index contributed by atoms with van der Waals surface area (Å²) in [7, 11) is 3.52. The summed E-state index contributed by atoms with van der Waals surface area (Å²) in [6, 6.07) is 19.2. The van der Waals surface area contributed by atoms with Gasteiger partial charge in [-0.25, -0.2) is 0 Å². The molecule has 4 rings (SSSR count). The summed E-state index contributed by atoms with van der Waals surface area (Å²) in [5.41, 5.74) is 4.52. The van der Waals surface area contributed by atoms with Crippen LogP contribution in [0.2, 0.25) is 0 Å². The molecule has 0 saturated heterocycles. The van der Waals surface area contributed by atoms with Crippen molar-refractivity contribution in [1.29, 1.82) is 0 Å². The van der Waals surface area contributed by atoms with Crippen molar-refractivity contribution in [3.05, 3.63) is 87.8 Å². The molecular formula is C25H26N4O3. The van der Waals surface area contributed by atoms with Crippen molar-refractivity contribution < 1.29 is 9.53 Å². The molecule has 32 heavy (non-hydrogen) atoms. The summed E-state index contributed by atoms with van der Waals surface area (Å²) < 4.78 is 8.65. The number of carbonyl (C=O) groups is 1. The number of hydrogen-bond acceptors (Lipinski definition) is 4. The Hall–Kier alpha value is -3.87. The van der Waals surface area contributed by atoms with Crippen LogP contribution < -0.4 is 15.6 Å². The first-order chi connectivity index (χ1) is 15.5. The van der Waals surface area contributed by atoms with E-state index in [1.54, 1.807) is 7.11 Å². The minimum absolute atomic E-state index is 0.0899. The van der Waals surface area contributed by atoms with Crippen molar-refractivity contribution in [3.63, 3.8) is 0 Å². The number of aryl methyl sites for hydroxylation is 1. The molecule has 0 atom stereocenters. The number of nitrogens with one attached hydrogen (secondary N) is 1. The van der Waals surface area contributed by atoms with Gasteiger partial charge in [-0.2, -0.15) is 9.61 Å². The zero-order chi connectivity index (χ0) is 22.7. The lowest BCUT2D eigenvalue weighted by atomic mass is 10.1. The van der Waals surface area contributed by atoms with Crippen molar-refractivity contribution in [2.24, 2.45) is 7.05 Å². The molecule has 2 aromatic heterocycles. The molecule has 1 N–H and O–H groups in total. The highest BCUT2D eigenvalue weighted by Crippen LogP contribution is 2.24. The molecule has 0 aliphatic carbocycles. The van der Waals surface area contributed by atoms with E-state index in [4.69, 9.17) is 4.74 Å². The smallest absolute Gasteiger partial charge is 0.277 e. The van der Waals surface area contributed by atoms with Gasteiger partial charge in [0.2, 0.25) is 5.91 Å². The van der Waals surface area contributed by atoms with Gasteiger partial charge in [0, 0.05) is 42.9 Å². The highest BCUT2D eigenvalue weighted by molar-refractivity contribution is 5.76. The topological polar surface area (TPSA) is 77.6 Å². The summed E-state index contributed by atoms with van der Waals surface area (Å²) >= 11 is 0. The van der Waals surface area contributed by atoms with Crippen molar-refractivity contribution in [3.8, 4) is 17.0 Å². The second kappa shape index (κ2) is 9.09. The maximum atomic E-state index is 13.2. The van der Waals surface area contributed by atoms with Crippen LogP contribution in [0.3, 0.4) is 0 Å². The number of amides is 1. The van der Waals surface area contributed by atoms with E-state index in [1.807, 2.05) is 79.2 Å². The van der Waals surface area contributed by atoms with Crippen LogP contribution in [0.25, 0.3) is 16.9 Å². The Morgan fingerprint density at radius 2 is 1.88 bits per heavy atom. The predicted molar refractivity (Wildman–Crippen MR) is 124 cm³/mol. The molecular weight excluding hydrogens is 404 g/mol. The number of ether oxygens (including phenoxy) is 1. The van der Waals surface area contributed by atoms with E-state index in [1.165, 1.54) is 4.52 Å². The Bertz CT molecular complexity index is 1320. The molecule has 0 fully saturated rings. The average molecular weight is 431 g/mol. The van der Waals surface area contributed by atoms with Crippen LogP contribution >= 0.6 is 0 Å². The van der Waals surface area contributed by atoms with Gasteiger partial charge in [0.05, 0.1) is 12.8 Å². The maximum absolute atomic E-state index is 13.2. The first-order valence-electron chi connectivity index (χ1n) is 10.5.